The number of ketones is 1. The Bertz CT molecular complexity index is 1940. The van der Waals surface area contributed by atoms with Gasteiger partial charge in [-0.05, 0) is 84.6 Å². The lowest BCUT2D eigenvalue weighted by atomic mass is 9.59. The van der Waals surface area contributed by atoms with Gasteiger partial charge in [-0.15, -0.1) is 0 Å². The average Bonchev–Trinajstić information content (AvgIpc) is 3.47. The Morgan fingerprint density at radius 1 is 1.17 bits per heavy atom. The van der Waals surface area contributed by atoms with Gasteiger partial charge in [-0.3, -0.25) is 14.5 Å². The van der Waals surface area contributed by atoms with Gasteiger partial charge in [0.1, 0.15) is 5.69 Å². The summed E-state index contributed by atoms with van der Waals surface area (Å²) < 4.78 is 60.1. The molecule has 3 aromatic rings. The number of carbonyl (C=O) groups is 1. The third-order valence-corrected chi connectivity index (χ3v) is 11.9. The van der Waals surface area contributed by atoms with E-state index in [1.807, 2.05) is 18.2 Å². The molecule has 0 aromatic carbocycles. The number of Topliss-reactive ketones (excluding diaryl/α,β-unsaturated/α-hetero) is 1. The minimum atomic E-state index is -3.28. The van der Waals surface area contributed by atoms with Crippen LogP contribution in [0.2, 0.25) is 0 Å². The summed E-state index contributed by atoms with van der Waals surface area (Å²) in [6.45, 7) is 6.15. The lowest BCUT2D eigenvalue weighted by molar-refractivity contribution is -0.115. The van der Waals surface area contributed by atoms with Crippen LogP contribution in [0.5, 0.6) is 0 Å². The number of aryl methyl sites for hydroxylation is 1. The van der Waals surface area contributed by atoms with Gasteiger partial charge in [-0.25, -0.2) is 27.3 Å². The number of halogens is 3. The second-order valence-electron chi connectivity index (χ2n) is 14.1. The molecule has 2 fully saturated rings. The van der Waals surface area contributed by atoms with Gasteiger partial charge in [0.2, 0.25) is 5.95 Å². The number of pyridine rings is 2. The molecule has 48 heavy (non-hydrogen) atoms. The number of fused-ring (bicyclic) bond motifs is 1. The summed E-state index contributed by atoms with van der Waals surface area (Å²) in [6, 6.07) is 5.16. The SMILES string of the molecule is C=S(=O)(c1cnn(C)c1)N(C1CC(F)(F)C1)[C@H]1CCC2=CC(=Nc3ccc(F)nc3)C(=CN)C[C@]2(C(=O)c2cc(C(C)(C)C)ccn2)C1. The highest BCUT2D eigenvalue weighted by Gasteiger charge is 2.56. The zero-order valence-corrected chi connectivity index (χ0v) is 28.3. The van der Waals surface area contributed by atoms with Crippen LogP contribution in [0.15, 0.2) is 82.4 Å². The fourth-order valence-electron chi connectivity index (χ4n) is 7.16. The molecule has 2 saturated carbocycles. The Labute approximate surface area is 279 Å². The standard InChI is InChI=1S/C35H40F3N7O2S/c1-33(2,3)23-10-11-40-30(12-23)32(46)34-14-22(18-39)29(43-25-7-9-31(36)41-19-25)13-24(34)6-8-26(15-34)45(27-16-35(37,38)17-27)48(5,47)28-20-42-44(4)21-28/h7,9-13,18-21,26-27H,5-6,8,14-17,39H2,1-4H3/t26-,34-,48?/m0/s1. The summed E-state index contributed by atoms with van der Waals surface area (Å²) in [6.07, 6.45) is 9.51. The molecule has 254 valence electrons. The highest BCUT2D eigenvalue weighted by Crippen LogP contribution is 2.54. The first-order valence-electron chi connectivity index (χ1n) is 15.9. The van der Waals surface area contributed by atoms with Gasteiger partial charge >= 0.3 is 0 Å². The fraction of sp³-hybridized carbons (Fsp3) is 0.429. The summed E-state index contributed by atoms with van der Waals surface area (Å²) >= 11 is 0. The van der Waals surface area contributed by atoms with Crippen molar-refractivity contribution in [1.29, 1.82) is 0 Å². The predicted molar refractivity (Wildman–Crippen MR) is 180 cm³/mol. The quantitative estimate of drug-likeness (QED) is 0.183. The van der Waals surface area contributed by atoms with E-state index in [0.717, 1.165) is 11.1 Å². The Morgan fingerprint density at radius 2 is 1.92 bits per heavy atom. The van der Waals surface area contributed by atoms with E-state index in [1.165, 1.54) is 35.4 Å². The number of hydrogen-bond acceptors (Lipinski definition) is 7. The normalized spacial score (nSPS) is 25.8. The molecule has 13 heteroatoms. The zero-order chi connectivity index (χ0) is 34.6. The summed E-state index contributed by atoms with van der Waals surface area (Å²) in [5.41, 5.74) is 8.26. The first-order valence-corrected chi connectivity index (χ1v) is 17.6. The summed E-state index contributed by atoms with van der Waals surface area (Å²) in [4.78, 5) is 28.2. The number of aliphatic imine (C=N–C) groups is 1. The second kappa shape index (κ2) is 12.1. The lowest BCUT2D eigenvalue weighted by Crippen LogP contribution is -2.59. The highest BCUT2D eigenvalue weighted by atomic mass is 32.2. The maximum atomic E-state index is 14.9. The maximum Gasteiger partial charge on any atom is 0.251 e. The molecule has 0 spiro atoms. The van der Waals surface area contributed by atoms with Crippen LogP contribution in [0.25, 0.3) is 0 Å². The number of hydrogen-bond donors (Lipinski definition) is 1. The summed E-state index contributed by atoms with van der Waals surface area (Å²) in [7, 11) is -1.59. The minimum Gasteiger partial charge on any atom is -0.404 e. The number of nitrogens with two attached hydrogens (primary N) is 1. The fourth-order valence-corrected chi connectivity index (χ4v) is 9.23. The van der Waals surface area contributed by atoms with Crippen LogP contribution < -0.4 is 5.73 Å². The molecule has 2 N–H and O–H groups in total. The number of carbonyl (C=O) groups excluding carboxylic acids is 1. The van der Waals surface area contributed by atoms with Crippen molar-refractivity contribution in [2.24, 2.45) is 23.2 Å². The van der Waals surface area contributed by atoms with Gasteiger partial charge in [0.25, 0.3) is 5.92 Å². The molecule has 1 unspecified atom stereocenters. The Hall–Kier alpha value is -4.10. The van der Waals surface area contributed by atoms with E-state index >= 15 is 0 Å². The molecule has 9 nitrogen and oxygen atoms in total. The largest absolute Gasteiger partial charge is 0.404 e. The monoisotopic (exact) mass is 679 g/mol. The molecule has 3 atom stereocenters. The van der Waals surface area contributed by atoms with Gasteiger partial charge in [-0.1, -0.05) is 26.3 Å². The molecule has 0 aliphatic heterocycles. The van der Waals surface area contributed by atoms with Crippen molar-refractivity contribution in [1.82, 2.24) is 24.1 Å². The summed E-state index contributed by atoms with van der Waals surface area (Å²) in [5, 5.41) is 4.18. The van der Waals surface area contributed by atoms with Crippen molar-refractivity contribution < 1.29 is 22.2 Å². The maximum absolute atomic E-state index is 14.9. The molecule has 0 saturated heterocycles. The Morgan fingerprint density at radius 3 is 2.52 bits per heavy atom. The van der Waals surface area contributed by atoms with Crippen molar-refractivity contribution in [3.05, 3.63) is 89.7 Å². The Kier molecular flexibility index (Phi) is 8.52. The number of alkyl halides is 2. The molecular formula is C35H40F3N7O2S. The van der Waals surface area contributed by atoms with Gasteiger partial charge < -0.3 is 5.73 Å². The first-order chi connectivity index (χ1) is 22.5. The van der Waals surface area contributed by atoms with Crippen molar-refractivity contribution >= 4 is 32.8 Å². The number of rotatable bonds is 7. The zero-order valence-electron chi connectivity index (χ0n) is 27.5. The molecule has 3 aromatic heterocycles. The van der Waals surface area contributed by atoms with Crippen molar-refractivity contribution in [3.8, 4) is 0 Å². The van der Waals surface area contributed by atoms with Gasteiger partial charge in [-0.2, -0.15) is 9.49 Å². The minimum absolute atomic E-state index is 0.152. The molecule has 3 aliphatic carbocycles. The van der Waals surface area contributed by atoms with E-state index in [-0.39, 0.29) is 29.7 Å². The molecule has 0 bridgehead atoms. The van der Waals surface area contributed by atoms with Crippen LogP contribution >= 0.6 is 0 Å². The number of allylic oxidation sites excluding steroid dienone is 3. The van der Waals surface area contributed by atoms with Crippen molar-refractivity contribution in [2.75, 3.05) is 0 Å². The smallest absolute Gasteiger partial charge is 0.251 e. The third kappa shape index (κ3) is 6.25. The van der Waals surface area contributed by atoms with Crippen molar-refractivity contribution in [3.63, 3.8) is 0 Å². The van der Waals surface area contributed by atoms with E-state index in [1.54, 1.807) is 23.7 Å². The Balaban J connectivity index is 1.48. The topological polar surface area (TPSA) is 119 Å². The van der Waals surface area contributed by atoms with E-state index < -0.39 is 51.9 Å². The summed E-state index contributed by atoms with van der Waals surface area (Å²) in [5.74, 6) is 0.361. The first kappa shape index (κ1) is 33.8. The lowest BCUT2D eigenvalue weighted by Gasteiger charge is -2.52. The predicted octanol–water partition coefficient (Wildman–Crippen LogP) is 6.10. The molecule has 0 radical (unpaired) electrons. The average molecular weight is 680 g/mol. The molecule has 6 rings (SSSR count). The molecule has 0 amide bonds. The van der Waals surface area contributed by atoms with Crippen LogP contribution in [0, 0.1) is 11.4 Å². The van der Waals surface area contributed by atoms with E-state index in [0.29, 0.717) is 34.7 Å². The van der Waals surface area contributed by atoms with E-state index in [2.05, 4.69) is 41.7 Å². The van der Waals surface area contributed by atoms with Crippen LogP contribution in [0.1, 0.15) is 75.3 Å². The van der Waals surface area contributed by atoms with Crippen LogP contribution in [-0.4, -0.2) is 63.6 Å². The third-order valence-electron chi connectivity index (χ3n) is 9.71. The highest BCUT2D eigenvalue weighted by molar-refractivity contribution is 7.98. The molecule has 3 heterocycles. The number of nitrogens with zero attached hydrogens (tertiary/aromatic N) is 6. The van der Waals surface area contributed by atoms with Gasteiger partial charge in [0.15, 0.2) is 5.78 Å². The van der Waals surface area contributed by atoms with E-state index in [4.69, 9.17) is 10.7 Å². The van der Waals surface area contributed by atoms with Crippen LogP contribution in [0.4, 0.5) is 18.9 Å². The van der Waals surface area contributed by atoms with E-state index in [9.17, 15) is 22.2 Å². The molecule has 3 aliphatic rings. The number of aromatic nitrogens is 4. The van der Waals surface area contributed by atoms with Gasteiger partial charge in [0, 0.05) is 44.4 Å². The van der Waals surface area contributed by atoms with Crippen LogP contribution in [0.3, 0.4) is 0 Å². The second-order valence-corrected chi connectivity index (χ2v) is 16.3. The van der Waals surface area contributed by atoms with Gasteiger partial charge in [0.05, 0.1) is 43.8 Å². The van der Waals surface area contributed by atoms with Crippen molar-refractivity contribution in [2.45, 2.75) is 87.6 Å². The molecular weight excluding hydrogens is 639 g/mol. The van der Waals surface area contributed by atoms with Crippen LogP contribution in [-0.2, 0) is 22.2 Å².